The second-order valence-electron chi connectivity index (χ2n) is 5.02. The zero-order valence-corrected chi connectivity index (χ0v) is 13.0. The molecule has 1 aromatic heterocycles. The zero-order chi connectivity index (χ0) is 14.5. The molecule has 0 atom stereocenters. The molecule has 1 heterocycles. The number of hydrogen-bond donors (Lipinski definition) is 1. The molecule has 0 fully saturated rings. The lowest BCUT2D eigenvalue weighted by Crippen LogP contribution is -2.07. The standard InChI is InChI=1S/C16H22ClN3/c1-3-5-11-20-14(6-4-2)19-15(16(20)18)12-7-9-13(17)10-8-12/h7-10H,3-6,11,18H2,1-2H3. The molecule has 0 aliphatic carbocycles. The molecule has 0 aliphatic heterocycles. The lowest BCUT2D eigenvalue weighted by molar-refractivity contribution is 0.604. The van der Waals surface area contributed by atoms with Crippen LogP contribution in [-0.2, 0) is 13.0 Å². The van der Waals surface area contributed by atoms with E-state index in [9.17, 15) is 0 Å². The van der Waals surface area contributed by atoms with Gasteiger partial charge in [0.25, 0.3) is 0 Å². The largest absolute Gasteiger partial charge is 0.383 e. The second kappa shape index (κ2) is 6.80. The Morgan fingerprint density at radius 1 is 1.15 bits per heavy atom. The molecule has 0 bridgehead atoms. The van der Waals surface area contributed by atoms with Crippen molar-refractivity contribution in [2.45, 2.75) is 46.1 Å². The Morgan fingerprint density at radius 2 is 1.85 bits per heavy atom. The van der Waals surface area contributed by atoms with Gasteiger partial charge in [-0.25, -0.2) is 4.98 Å². The van der Waals surface area contributed by atoms with Crippen molar-refractivity contribution < 1.29 is 0 Å². The van der Waals surface area contributed by atoms with E-state index in [0.717, 1.165) is 60.2 Å². The minimum atomic E-state index is 0.728. The molecule has 108 valence electrons. The summed E-state index contributed by atoms with van der Waals surface area (Å²) in [5.41, 5.74) is 8.22. The molecule has 2 rings (SSSR count). The van der Waals surface area contributed by atoms with Crippen LogP contribution in [0.25, 0.3) is 11.3 Å². The first-order valence-corrected chi connectivity index (χ1v) is 7.66. The monoisotopic (exact) mass is 291 g/mol. The van der Waals surface area contributed by atoms with Gasteiger partial charge in [0.1, 0.15) is 17.3 Å². The van der Waals surface area contributed by atoms with Crippen LogP contribution < -0.4 is 5.73 Å². The summed E-state index contributed by atoms with van der Waals surface area (Å²) < 4.78 is 2.16. The van der Waals surface area contributed by atoms with E-state index in [1.165, 1.54) is 0 Å². The second-order valence-corrected chi connectivity index (χ2v) is 5.46. The number of benzene rings is 1. The number of imidazole rings is 1. The number of nitrogens with two attached hydrogens (primary N) is 1. The average molecular weight is 292 g/mol. The Hall–Kier alpha value is -1.48. The summed E-state index contributed by atoms with van der Waals surface area (Å²) in [4.78, 5) is 4.75. The summed E-state index contributed by atoms with van der Waals surface area (Å²) in [6.45, 7) is 5.29. The quantitative estimate of drug-likeness (QED) is 0.849. The van der Waals surface area contributed by atoms with Crippen molar-refractivity contribution in [3.8, 4) is 11.3 Å². The first-order valence-electron chi connectivity index (χ1n) is 7.28. The normalized spacial score (nSPS) is 10.9. The fourth-order valence-corrected chi connectivity index (χ4v) is 2.44. The van der Waals surface area contributed by atoms with Crippen LogP contribution >= 0.6 is 11.6 Å². The van der Waals surface area contributed by atoms with Gasteiger partial charge in [0.05, 0.1) is 0 Å². The Labute approximate surface area is 125 Å². The molecule has 2 aromatic rings. The molecular weight excluding hydrogens is 270 g/mol. The lowest BCUT2D eigenvalue weighted by atomic mass is 10.1. The highest BCUT2D eigenvalue weighted by Crippen LogP contribution is 2.28. The molecule has 0 radical (unpaired) electrons. The van der Waals surface area contributed by atoms with Crippen LogP contribution in [0.3, 0.4) is 0 Å². The van der Waals surface area contributed by atoms with Gasteiger partial charge in [0, 0.05) is 23.6 Å². The van der Waals surface area contributed by atoms with E-state index in [-0.39, 0.29) is 0 Å². The molecular formula is C16H22ClN3. The number of nitrogen functional groups attached to an aromatic ring is 1. The van der Waals surface area contributed by atoms with Crippen molar-refractivity contribution in [3.05, 3.63) is 35.1 Å². The topological polar surface area (TPSA) is 43.8 Å². The minimum Gasteiger partial charge on any atom is -0.383 e. The van der Waals surface area contributed by atoms with Crippen LogP contribution in [0.1, 0.15) is 38.9 Å². The average Bonchev–Trinajstić information content (AvgIpc) is 2.75. The van der Waals surface area contributed by atoms with Gasteiger partial charge < -0.3 is 10.3 Å². The number of hydrogen-bond acceptors (Lipinski definition) is 2. The number of halogens is 1. The van der Waals surface area contributed by atoms with Crippen molar-refractivity contribution in [1.82, 2.24) is 9.55 Å². The van der Waals surface area contributed by atoms with E-state index in [2.05, 4.69) is 18.4 Å². The molecule has 3 nitrogen and oxygen atoms in total. The molecule has 0 saturated carbocycles. The van der Waals surface area contributed by atoms with Gasteiger partial charge in [-0.05, 0) is 25.0 Å². The van der Waals surface area contributed by atoms with Crippen molar-refractivity contribution in [2.24, 2.45) is 0 Å². The van der Waals surface area contributed by atoms with Crippen LogP contribution in [0, 0.1) is 0 Å². The van der Waals surface area contributed by atoms with Crippen molar-refractivity contribution in [3.63, 3.8) is 0 Å². The summed E-state index contributed by atoms with van der Waals surface area (Å²) in [5.74, 6) is 1.85. The van der Waals surface area contributed by atoms with Crippen molar-refractivity contribution in [2.75, 3.05) is 5.73 Å². The zero-order valence-electron chi connectivity index (χ0n) is 12.2. The van der Waals surface area contributed by atoms with Crippen LogP contribution in [0.4, 0.5) is 5.82 Å². The molecule has 0 amide bonds. The number of nitrogens with zero attached hydrogens (tertiary/aromatic N) is 2. The Kier molecular flexibility index (Phi) is 5.07. The molecule has 4 heteroatoms. The van der Waals surface area contributed by atoms with E-state index >= 15 is 0 Å². The maximum atomic E-state index is 6.31. The maximum absolute atomic E-state index is 6.31. The predicted octanol–water partition coefficient (Wildman–Crippen LogP) is 4.54. The highest BCUT2D eigenvalue weighted by Gasteiger charge is 2.15. The van der Waals surface area contributed by atoms with Crippen LogP contribution in [0.5, 0.6) is 0 Å². The first-order chi connectivity index (χ1) is 9.67. The third-order valence-electron chi connectivity index (χ3n) is 3.41. The Bertz CT molecular complexity index is 558. The van der Waals surface area contributed by atoms with E-state index in [1.807, 2.05) is 24.3 Å². The van der Waals surface area contributed by atoms with E-state index in [4.69, 9.17) is 22.3 Å². The molecule has 0 saturated heterocycles. The van der Waals surface area contributed by atoms with E-state index in [1.54, 1.807) is 0 Å². The smallest absolute Gasteiger partial charge is 0.131 e. The van der Waals surface area contributed by atoms with E-state index in [0.29, 0.717) is 0 Å². The minimum absolute atomic E-state index is 0.728. The lowest BCUT2D eigenvalue weighted by Gasteiger charge is -2.08. The van der Waals surface area contributed by atoms with Crippen LogP contribution in [-0.4, -0.2) is 9.55 Å². The molecule has 0 aliphatic rings. The molecule has 0 spiro atoms. The molecule has 20 heavy (non-hydrogen) atoms. The van der Waals surface area contributed by atoms with Crippen LogP contribution in [0.15, 0.2) is 24.3 Å². The van der Waals surface area contributed by atoms with Gasteiger partial charge in [-0.2, -0.15) is 0 Å². The van der Waals surface area contributed by atoms with Gasteiger partial charge >= 0.3 is 0 Å². The summed E-state index contributed by atoms with van der Waals surface area (Å²) in [6.07, 6.45) is 4.31. The molecule has 2 N–H and O–H groups in total. The summed E-state index contributed by atoms with van der Waals surface area (Å²) in [5, 5.41) is 0.728. The third kappa shape index (κ3) is 3.15. The number of rotatable bonds is 6. The van der Waals surface area contributed by atoms with Crippen molar-refractivity contribution in [1.29, 1.82) is 0 Å². The number of aromatic nitrogens is 2. The summed E-state index contributed by atoms with van der Waals surface area (Å²) >= 11 is 5.94. The fourth-order valence-electron chi connectivity index (χ4n) is 2.31. The maximum Gasteiger partial charge on any atom is 0.131 e. The fraction of sp³-hybridized carbons (Fsp3) is 0.438. The van der Waals surface area contributed by atoms with Gasteiger partial charge in [-0.15, -0.1) is 0 Å². The predicted molar refractivity (Wildman–Crippen MR) is 86.0 cm³/mol. The van der Waals surface area contributed by atoms with Gasteiger partial charge in [0.15, 0.2) is 0 Å². The van der Waals surface area contributed by atoms with E-state index < -0.39 is 0 Å². The summed E-state index contributed by atoms with van der Waals surface area (Å²) in [7, 11) is 0. The van der Waals surface area contributed by atoms with Gasteiger partial charge in [0.2, 0.25) is 0 Å². The number of anilines is 1. The SMILES string of the molecule is CCCCn1c(CCC)nc(-c2ccc(Cl)cc2)c1N. The Balaban J connectivity index is 2.40. The van der Waals surface area contributed by atoms with Gasteiger partial charge in [-0.3, -0.25) is 0 Å². The highest BCUT2D eigenvalue weighted by molar-refractivity contribution is 6.30. The van der Waals surface area contributed by atoms with Crippen molar-refractivity contribution >= 4 is 17.4 Å². The first kappa shape index (κ1) is 14.9. The third-order valence-corrected chi connectivity index (χ3v) is 3.66. The molecule has 0 unspecified atom stereocenters. The summed E-state index contributed by atoms with van der Waals surface area (Å²) in [6, 6.07) is 7.70. The molecule has 1 aromatic carbocycles. The Morgan fingerprint density at radius 3 is 2.45 bits per heavy atom. The van der Waals surface area contributed by atoms with Gasteiger partial charge in [-0.1, -0.05) is 44.0 Å². The highest BCUT2D eigenvalue weighted by atomic mass is 35.5. The number of unbranched alkanes of at least 4 members (excludes halogenated alkanes) is 1. The number of aryl methyl sites for hydroxylation is 1. The van der Waals surface area contributed by atoms with Crippen LogP contribution in [0.2, 0.25) is 5.02 Å².